The number of nitrogens with one attached hydrogen (secondary N) is 1. The number of anilines is 1. The Morgan fingerprint density at radius 2 is 2.31 bits per heavy atom. The molecule has 0 atom stereocenters. The van der Waals surface area contributed by atoms with Crippen molar-refractivity contribution in [3.63, 3.8) is 0 Å². The molecule has 0 aliphatic heterocycles. The smallest absolute Gasteiger partial charge is 0.246 e. The molecule has 0 saturated carbocycles. The van der Waals surface area contributed by atoms with Gasteiger partial charge in [0, 0.05) is 18.1 Å². The van der Waals surface area contributed by atoms with E-state index in [1.54, 1.807) is 23.1 Å². The molecular formula is C12H13N3O. The number of rotatable bonds is 3. The topological polar surface area (TPSA) is 46.9 Å². The first-order valence-corrected chi connectivity index (χ1v) is 5.08. The third kappa shape index (κ3) is 2.70. The SMILES string of the molecule is Cc1cccc(NC(=O)Cn2cccn2)c1. The minimum absolute atomic E-state index is 0.0747. The van der Waals surface area contributed by atoms with Crippen molar-refractivity contribution in [3.05, 3.63) is 48.3 Å². The summed E-state index contributed by atoms with van der Waals surface area (Å²) >= 11 is 0. The highest BCUT2D eigenvalue weighted by Crippen LogP contribution is 2.09. The molecule has 4 heteroatoms. The number of aromatic nitrogens is 2. The molecule has 1 heterocycles. The van der Waals surface area contributed by atoms with Crippen molar-refractivity contribution in [2.24, 2.45) is 0 Å². The summed E-state index contributed by atoms with van der Waals surface area (Å²) in [6.45, 7) is 2.23. The fraction of sp³-hybridized carbons (Fsp3) is 0.167. The third-order valence-electron chi connectivity index (χ3n) is 2.17. The van der Waals surface area contributed by atoms with Crippen LogP contribution in [-0.2, 0) is 11.3 Å². The van der Waals surface area contributed by atoms with Crippen LogP contribution in [0.2, 0.25) is 0 Å². The van der Waals surface area contributed by atoms with Crippen LogP contribution in [-0.4, -0.2) is 15.7 Å². The van der Waals surface area contributed by atoms with E-state index < -0.39 is 0 Å². The standard InChI is InChI=1S/C12H13N3O/c1-10-4-2-5-11(8-10)14-12(16)9-15-7-3-6-13-15/h2-8H,9H2,1H3,(H,14,16). The van der Waals surface area contributed by atoms with Crippen molar-refractivity contribution in [1.82, 2.24) is 9.78 Å². The predicted octanol–water partition coefficient (Wildman–Crippen LogP) is 1.83. The molecule has 16 heavy (non-hydrogen) atoms. The van der Waals surface area contributed by atoms with Crippen molar-refractivity contribution in [1.29, 1.82) is 0 Å². The summed E-state index contributed by atoms with van der Waals surface area (Å²) in [6, 6.07) is 9.50. The van der Waals surface area contributed by atoms with Gasteiger partial charge in [0.25, 0.3) is 0 Å². The van der Waals surface area contributed by atoms with Crippen LogP contribution >= 0.6 is 0 Å². The van der Waals surface area contributed by atoms with Gasteiger partial charge in [-0.25, -0.2) is 0 Å². The summed E-state index contributed by atoms with van der Waals surface area (Å²) in [5, 5.41) is 6.79. The van der Waals surface area contributed by atoms with Gasteiger partial charge >= 0.3 is 0 Å². The van der Waals surface area contributed by atoms with Crippen molar-refractivity contribution >= 4 is 11.6 Å². The van der Waals surface area contributed by atoms with Crippen LogP contribution in [0.25, 0.3) is 0 Å². The van der Waals surface area contributed by atoms with E-state index >= 15 is 0 Å². The van der Waals surface area contributed by atoms with Crippen LogP contribution in [0.5, 0.6) is 0 Å². The summed E-state index contributed by atoms with van der Waals surface area (Å²) in [5.41, 5.74) is 1.94. The Kier molecular flexibility index (Phi) is 3.00. The molecule has 0 unspecified atom stereocenters. The van der Waals surface area contributed by atoms with E-state index in [4.69, 9.17) is 0 Å². The number of carbonyl (C=O) groups is 1. The predicted molar refractivity (Wildman–Crippen MR) is 62.0 cm³/mol. The van der Waals surface area contributed by atoms with Crippen molar-refractivity contribution in [2.75, 3.05) is 5.32 Å². The van der Waals surface area contributed by atoms with E-state index in [2.05, 4.69) is 10.4 Å². The van der Waals surface area contributed by atoms with E-state index in [-0.39, 0.29) is 12.5 Å². The van der Waals surface area contributed by atoms with Gasteiger partial charge in [-0.1, -0.05) is 12.1 Å². The molecule has 1 amide bonds. The van der Waals surface area contributed by atoms with Crippen molar-refractivity contribution in [3.8, 4) is 0 Å². The average Bonchev–Trinajstić information content (AvgIpc) is 2.70. The maximum atomic E-state index is 11.6. The second-order valence-electron chi connectivity index (χ2n) is 3.62. The fourth-order valence-electron chi connectivity index (χ4n) is 1.46. The molecule has 0 aliphatic rings. The lowest BCUT2D eigenvalue weighted by Gasteiger charge is -2.05. The zero-order valence-corrected chi connectivity index (χ0v) is 9.05. The Bertz CT molecular complexity index is 477. The number of carbonyl (C=O) groups excluding carboxylic acids is 1. The van der Waals surface area contributed by atoms with E-state index in [0.29, 0.717) is 0 Å². The van der Waals surface area contributed by atoms with E-state index in [9.17, 15) is 4.79 Å². The highest BCUT2D eigenvalue weighted by Gasteiger charge is 2.03. The number of hydrogen-bond donors (Lipinski definition) is 1. The molecule has 2 aromatic rings. The highest BCUT2D eigenvalue weighted by molar-refractivity contribution is 5.90. The molecule has 0 radical (unpaired) electrons. The largest absolute Gasteiger partial charge is 0.324 e. The van der Waals surface area contributed by atoms with Crippen molar-refractivity contribution < 1.29 is 4.79 Å². The summed E-state index contributed by atoms with van der Waals surface area (Å²) in [7, 11) is 0. The molecule has 1 aromatic heterocycles. The number of benzene rings is 1. The van der Waals surface area contributed by atoms with Crippen molar-refractivity contribution in [2.45, 2.75) is 13.5 Å². The van der Waals surface area contributed by atoms with Crippen LogP contribution in [0.15, 0.2) is 42.7 Å². The second kappa shape index (κ2) is 4.61. The summed E-state index contributed by atoms with van der Waals surface area (Å²) < 4.78 is 1.59. The maximum absolute atomic E-state index is 11.6. The van der Waals surface area contributed by atoms with Crippen LogP contribution in [0.1, 0.15) is 5.56 Å². The molecule has 0 bridgehead atoms. The number of hydrogen-bond acceptors (Lipinski definition) is 2. The number of nitrogens with zero attached hydrogens (tertiary/aromatic N) is 2. The molecule has 1 aromatic carbocycles. The van der Waals surface area contributed by atoms with Gasteiger partial charge in [-0.2, -0.15) is 5.10 Å². The molecule has 1 N–H and O–H groups in total. The quantitative estimate of drug-likeness (QED) is 0.849. The molecule has 82 valence electrons. The first kappa shape index (κ1) is 10.4. The summed E-state index contributed by atoms with van der Waals surface area (Å²) in [6.07, 6.45) is 3.41. The minimum atomic E-state index is -0.0747. The summed E-state index contributed by atoms with van der Waals surface area (Å²) in [5.74, 6) is -0.0747. The molecule has 0 aliphatic carbocycles. The molecule has 0 spiro atoms. The average molecular weight is 215 g/mol. The van der Waals surface area contributed by atoms with Gasteiger partial charge in [-0.15, -0.1) is 0 Å². The highest BCUT2D eigenvalue weighted by atomic mass is 16.2. The van der Waals surface area contributed by atoms with Gasteiger partial charge < -0.3 is 5.32 Å². The van der Waals surface area contributed by atoms with E-state index in [1.807, 2.05) is 31.2 Å². The normalized spacial score (nSPS) is 10.1. The Labute approximate surface area is 93.9 Å². The minimum Gasteiger partial charge on any atom is -0.324 e. The van der Waals surface area contributed by atoms with Gasteiger partial charge in [-0.05, 0) is 30.7 Å². The van der Waals surface area contributed by atoms with E-state index in [0.717, 1.165) is 11.3 Å². The third-order valence-corrected chi connectivity index (χ3v) is 2.17. The Morgan fingerprint density at radius 1 is 1.44 bits per heavy atom. The molecule has 0 fully saturated rings. The zero-order valence-electron chi connectivity index (χ0n) is 9.05. The Balaban J connectivity index is 1.97. The Hall–Kier alpha value is -2.10. The molecular weight excluding hydrogens is 202 g/mol. The monoisotopic (exact) mass is 215 g/mol. The van der Waals surface area contributed by atoms with Crippen LogP contribution in [0.4, 0.5) is 5.69 Å². The second-order valence-corrected chi connectivity index (χ2v) is 3.62. The molecule has 2 rings (SSSR count). The van der Waals surface area contributed by atoms with Gasteiger partial charge in [0.15, 0.2) is 0 Å². The first-order chi connectivity index (χ1) is 7.74. The number of amides is 1. The van der Waals surface area contributed by atoms with Gasteiger partial charge in [-0.3, -0.25) is 9.48 Å². The van der Waals surface area contributed by atoms with Crippen LogP contribution < -0.4 is 5.32 Å². The zero-order chi connectivity index (χ0) is 11.4. The van der Waals surface area contributed by atoms with Gasteiger partial charge in [0.1, 0.15) is 6.54 Å². The molecule has 0 saturated heterocycles. The fourth-order valence-corrected chi connectivity index (χ4v) is 1.46. The van der Waals surface area contributed by atoms with Crippen LogP contribution in [0, 0.1) is 6.92 Å². The van der Waals surface area contributed by atoms with Crippen LogP contribution in [0.3, 0.4) is 0 Å². The van der Waals surface area contributed by atoms with Gasteiger partial charge in [0.2, 0.25) is 5.91 Å². The Morgan fingerprint density at radius 3 is 3.00 bits per heavy atom. The lowest BCUT2D eigenvalue weighted by atomic mass is 10.2. The lowest BCUT2D eigenvalue weighted by molar-refractivity contribution is -0.116. The summed E-state index contributed by atoms with van der Waals surface area (Å²) in [4.78, 5) is 11.6. The first-order valence-electron chi connectivity index (χ1n) is 5.08. The lowest BCUT2D eigenvalue weighted by Crippen LogP contribution is -2.18. The maximum Gasteiger partial charge on any atom is 0.246 e. The van der Waals surface area contributed by atoms with E-state index in [1.165, 1.54) is 0 Å². The number of aryl methyl sites for hydroxylation is 1. The molecule has 4 nitrogen and oxygen atoms in total. The van der Waals surface area contributed by atoms with Gasteiger partial charge in [0.05, 0.1) is 0 Å².